The minimum absolute atomic E-state index is 0.416. The van der Waals surface area contributed by atoms with Crippen molar-refractivity contribution < 1.29 is 5.11 Å². The van der Waals surface area contributed by atoms with Gasteiger partial charge in [-0.3, -0.25) is 0 Å². The highest BCUT2D eigenvalue weighted by Gasteiger charge is 2.05. The van der Waals surface area contributed by atoms with Crippen LogP contribution in [0.2, 0.25) is 0 Å². The molecule has 0 fully saturated rings. The summed E-state index contributed by atoms with van der Waals surface area (Å²) in [5.41, 5.74) is 0.965. The topological polar surface area (TPSA) is 44.3 Å². The maximum Gasteiger partial charge on any atom is 0.0914 e. The quantitative estimate of drug-likeness (QED) is 0.609. The van der Waals surface area contributed by atoms with Gasteiger partial charge < -0.3 is 15.7 Å². The zero-order chi connectivity index (χ0) is 11.8. The van der Waals surface area contributed by atoms with E-state index in [1.54, 1.807) is 0 Å². The SMILES string of the molecule is CC(C)NCCNC[C@H](O)c1ccccc1. The van der Waals surface area contributed by atoms with Gasteiger partial charge in [-0.15, -0.1) is 0 Å². The van der Waals surface area contributed by atoms with E-state index in [9.17, 15) is 5.11 Å². The second kappa shape index (κ2) is 7.39. The van der Waals surface area contributed by atoms with Crippen molar-refractivity contribution in [1.82, 2.24) is 10.6 Å². The number of aliphatic hydroxyl groups is 1. The van der Waals surface area contributed by atoms with E-state index in [1.165, 1.54) is 0 Å². The fraction of sp³-hybridized carbons (Fsp3) is 0.538. The van der Waals surface area contributed by atoms with Gasteiger partial charge in [-0.05, 0) is 5.56 Å². The van der Waals surface area contributed by atoms with Crippen LogP contribution in [-0.2, 0) is 0 Å². The van der Waals surface area contributed by atoms with Crippen molar-refractivity contribution in [2.45, 2.75) is 26.0 Å². The minimum atomic E-state index is -0.416. The maximum atomic E-state index is 9.85. The number of aliphatic hydroxyl groups excluding tert-OH is 1. The predicted molar refractivity (Wildman–Crippen MR) is 67.4 cm³/mol. The van der Waals surface area contributed by atoms with E-state index < -0.39 is 6.10 Å². The summed E-state index contributed by atoms with van der Waals surface area (Å²) in [5.74, 6) is 0. The second-order valence-corrected chi connectivity index (χ2v) is 4.24. The van der Waals surface area contributed by atoms with Gasteiger partial charge in [0.2, 0.25) is 0 Å². The summed E-state index contributed by atoms with van der Waals surface area (Å²) in [6, 6.07) is 10.2. The molecule has 0 unspecified atom stereocenters. The average molecular weight is 222 g/mol. The van der Waals surface area contributed by atoms with E-state index in [0.29, 0.717) is 12.6 Å². The summed E-state index contributed by atoms with van der Waals surface area (Å²) >= 11 is 0. The Balaban J connectivity index is 2.14. The summed E-state index contributed by atoms with van der Waals surface area (Å²) < 4.78 is 0. The van der Waals surface area contributed by atoms with E-state index in [1.807, 2.05) is 30.3 Å². The molecule has 1 rings (SSSR count). The molecule has 3 N–H and O–H groups in total. The molecule has 0 saturated heterocycles. The lowest BCUT2D eigenvalue weighted by molar-refractivity contribution is 0.175. The Hall–Kier alpha value is -0.900. The predicted octanol–water partition coefficient (Wildman–Crippen LogP) is 1.31. The lowest BCUT2D eigenvalue weighted by atomic mass is 10.1. The Labute approximate surface area is 97.9 Å². The van der Waals surface area contributed by atoms with Gasteiger partial charge in [0.05, 0.1) is 6.10 Å². The first-order valence-electron chi connectivity index (χ1n) is 5.87. The Morgan fingerprint density at radius 1 is 1.12 bits per heavy atom. The Bertz CT molecular complexity index is 275. The zero-order valence-electron chi connectivity index (χ0n) is 10.1. The molecule has 1 aromatic carbocycles. The van der Waals surface area contributed by atoms with E-state index in [2.05, 4.69) is 24.5 Å². The summed E-state index contributed by atoms with van der Waals surface area (Å²) in [4.78, 5) is 0. The molecule has 0 amide bonds. The van der Waals surface area contributed by atoms with Crippen molar-refractivity contribution in [3.05, 3.63) is 35.9 Å². The molecule has 1 aromatic rings. The lowest BCUT2D eigenvalue weighted by Crippen LogP contribution is -2.33. The summed E-state index contributed by atoms with van der Waals surface area (Å²) in [6.45, 7) is 6.66. The first kappa shape index (κ1) is 13.2. The maximum absolute atomic E-state index is 9.85. The molecule has 0 saturated carbocycles. The van der Waals surface area contributed by atoms with Crippen molar-refractivity contribution in [1.29, 1.82) is 0 Å². The number of rotatable bonds is 7. The first-order valence-corrected chi connectivity index (χ1v) is 5.87. The molecular formula is C13H22N2O. The molecule has 1 atom stereocenters. The van der Waals surface area contributed by atoms with E-state index in [-0.39, 0.29) is 0 Å². The van der Waals surface area contributed by atoms with Crippen LogP contribution < -0.4 is 10.6 Å². The number of hydrogen-bond acceptors (Lipinski definition) is 3. The normalized spacial score (nSPS) is 13.0. The minimum Gasteiger partial charge on any atom is -0.387 e. The molecule has 0 aliphatic heterocycles. The van der Waals surface area contributed by atoms with Gasteiger partial charge in [0.1, 0.15) is 0 Å². The third-order valence-electron chi connectivity index (χ3n) is 2.38. The van der Waals surface area contributed by atoms with Crippen LogP contribution >= 0.6 is 0 Å². The summed E-state index contributed by atoms with van der Waals surface area (Å²) in [5, 5.41) is 16.4. The molecule has 0 aliphatic rings. The second-order valence-electron chi connectivity index (χ2n) is 4.24. The van der Waals surface area contributed by atoms with Crippen LogP contribution in [0.25, 0.3) is 0 Å². The highest BCUT2D eigenvalue weighted by atomic mass is 16.3. The average Bonchev–Trinajstić information content (AvgIpc) is 2.29. The van der Waals surface area contributed by atoms with Gasteiger partial charge in [-0.25, -0.2) is 0 Å². The number of hydrogen-bond donors (Lipinski definition) is 3. The van der Waals surface area contributed by atoms with Crippen LogP contribution in [0.5, 0.6) is 0 Å². The molecule has 16 heavy (non-hydrogen) atoms. The Morgan fingerprint density at radius 2 is 1.81 bits per heavy atom. The Kier molecular flexibility index (Phi) is 6.08. The molecule has 90 valence electrons. The van der Waals surface area contributed by atoms with Crippen LogP contribution in [0.3, 0.4) is 0 Å². The van der Waals surface area contributed by atoms with Crippen LogP contribution in [0, 0.1) is 0 Å². The first-order chi connectivity index (χ1) is 7.70. The van der Waals surface area contributed by atoms with Crippen molar-refractivity contribution in [3.8, 4) is 0 Å². The molecule has 0 heterocycles. The molecule has 3 nitrogen and oxygen atoms in total. The van der Waals surface area contributed by atoms with Gasteiger partial charge in [0, 0.05) is 25.7 Å². The van der Waals surface area contributed by atoms with Crippen LogP contribution in [-0.4, -0.2) is 30.8 Å². The van der Waals surface area contributed by atoms with Gasteiger partial charge in [-0.2, -0.15) is 0 Å². The number of nitrogens with one attached hydrogen (secondary N) is 2. The van der Waals surface area contributed by atoms with Crippen LogP contribution in [0.4, 0.5) is 0 Å². The van der Waals surface area contributed by atoms with Crippen molar-refractivity contribution in [2.75, 3.05) is 19.6 Å². The number of benzene rings is 1. The highest BCUT2D eigenvalue weighted by molar-refractivity contribution is 5.17. The van der Waals surface area contributed by atoms with E-state index in [0.717, 1.165) is 18.7 Å². The van der Waals surface area contributed by atoms with Gasteiger partial charge in [-0.1, -0.05) is 44.2 Å². The summed E-state index contributed by atoms with van der Waals surface area (Å²) in [7, 11) is 0. The van der Waals surface area contributed by atoms with Crippen LogP contribution in [0.1, 0.15) is 25.5 Å². The standard InChI is InChI=1S/C13H22N2O/c1-11(2)15-9-8-14-10-13(16)12-6-4-3-5-7-12/h3-7,11,13-16H,8-10H2,1-2H3/t13-/m0/s1. The van der Waals surface area contributed by atoms with Gasteiger partial charge in [0.25, 0.3) is 0 Å². The van der Waals surface area contributed by atoms with E-state index in [4.69, 9.17) is 0 Å². The third kappa shape index (κ3) is 5.26. The fourth-order valence-corrected chi connectivity index (χ4v) is 1.48. The van der Waals surface area contributed by atoms with Gasteiger partial charge in [0.15, 0.2) is 0 Å². The van der Waals surface area contributed by atoms with Crippen LogP contribution in [0.15, 0.2) is 30.3 Å². The monoisotopic (exact) mass is 222 g/mol. The molecule has 0 spiro atoms. The zero-order valence-corrected chi connectivity index (χ0v) is 10.1. The summed E-state index contributed by atoms with van der Waals surface area (Å²) in [6.07, 6.45) is -0.416. The molecule has 0 aliphatic carbocycles. The third-order valence-corrected chi connectivity index (χ3v) is 2.38. The Morgan fingerprint density at radius 3 is 2.44 bits per heavy atom. The smallest absolute Gasteiger partial charge is 0.0914 e. The molecule has 0 aromatic heterocycles. The van der Waals surface area contributed by atoms with Crippen molar-refractivity contribution >= 4 is 0 Å². The molecule has 0 bridgehead atoms. The lowest BCUT2D eigenvalue weighted by Gasteiger charge is -2.13. The molecular weight excluding hydrogens is 200 g/mol. The molecule has 0 radical (unpaired) electrons. The van der Waals surface area contributed by atoms with Gasteiger partial charge >= 0.3 is 0 Å². The molecule has 3 heteroatoms. The fourth-order valence-electron chi connectivity index (χ4n) is 1.48. The highest BCUT2D eigenvalue weighted by Crippen LogP contribution is 2.09. The van der Waals surface area contributed by atoms with E-state index >= 15 is 0 Å². The van der Waals surface area contributed by atoms with Crippen molar-refractivity contribution in [3.63, 3.8) is 0 Å². The van der Waals surface area contributed by atoms with Crippen molar-refractivity contribution in [2.24, 2.45) is 0 Å². The largest absolute Gasteiger partial charge is 0.387 e.